The van der Waals surface area contributed by atoms with Crippen LogP contribution in [0.5, 0.6) is 0 Å². The van der Waals surface area contributed by atoms with Gasteiger partial charge in [0.2, 0.25) is 17.7 Å². The number of rotatable bonds is 12. The summed E-state index contributed by atoms with van der Waals surface area (Å²) in [6.07, 6.45) is 6.21. The molecule has 0 radical (unpaired) electrons. The van der Waals surface area contributed by atoms with Crippen molar-refractivity contribution in [1.29, 1.82) is 0 Å². The molecule has 1 N–H and O–H groups in total. The summed E-state index contributed by atoms with van der Waals surface area (Å²) in [7, 11) is 0. The van der Waals surface area contributed by atoms with Gasteiger partial charge < -0.3 is 19.8 Å². The van der Waals surface area contributed by atoms with E-state index in [4.69, 9.17) is 0 Å². The quantitative estimate of drug-likeness (QED) is 0.425. The highest BCUT2D eigenvalue weighted by molar-refractivity contribution is 8.02. The molecular weight excluding hydrogens is 450 g/mol. The van der Waals surface area contributed by atoms with E-state index in [-0.39, 0.29) is 35.1 Å². The van der Waals surface area contributed by atoms with Crippen LogP contribution in [-0.2, 0) is 14.4 Å². The fourth-order valence-corrected chi connectivity index (χ4v) is 8.67. The summed E-state index contributed by atoms with van der Waals surface area (Å²) >= 11 is 1.69. The van der Waals surface area contributed by atoms with E-state index in [2.05, 4.69) is 20.1 Å². The molecule has 0 aromatic rings. The zero-order chi connectivity index (χ0) is 25.3. The molecule has 3 aliphatic heterocycles. The molecule has 5 atom stereocenters. The number of hydrogen-bond acceptors (Lipinski definition) is 5. The van der Waals surface area contributed by atoms with Crippen molar-refractivity contribution < 1.29 is 19.5 Å². The Morgan fingerprint density at radius 1 is 1.24 bits per heavy atom. The van der Waals surface area contributed by atoms with Crippen LogP contribution in [0.1, 0.15) is 53.4 Å². The second-order valence-electron chi connectivity index (χ2n) is 10.3. The maximum absolute atomic E-state index is 14.0. The third-order valence-corrected chi connectivity index (χ3v) is 9.71. The predicted molar refractivity (Wildman–Crippen MR) is 136 cm³/mol. The van der Waals surface area contributed by atoms with Crippen molar-refractivity contribution in [3.8, 4) is 0 Å². The Balaban J connectivity index is 2.07. The zero-order valence-electron chi connectivity index (χ0n) is 21.2. The van der Waals surface area contributed by atoms with E-state index >= 15 is 0 Å². The summed E-state index contributed by atoms with van der Waals surface area (Å²) in [4.78, 5) is 47.2. The fourth-order valence-electron chi connectivity index (χ4n) is 6.33. The zero-order valence-corrected chi connectivity index (χ0v) is 22.0. The van der Waals surface area contributed by atoms with E-state index in [1.54, 1.807) is 33.7 Å². The summed E-state index contributed by atoms with van der Waals surface area (Å²) < 4.78 is -1.01. The molecule has 3 heterocycles. The molecule has 8 heteroatoms. The van der Waals surface area contributed by atoms with Gasteiger partial charge in [-0.1, -0.05) is 19.1 Å². The van der Waals surface area contributed by atoms with Gasteiger partial charge in [-0.05, 0) is 46.5 Å². The molecule has 2 bridgehead atoms. The molecule has 1 spiro atoms. The Morgan fingerprint density at radius 3 is 2.47 bits per heavy atom. The number of amides is 3. The molecule has 0 aromatic carbocycles. The first-order valence-electron chi connectivity index (χ1n) is 12.6. The Kier molecular flexibility index (Phi) is 8.23. The first-order valence-corrected chi connectivity index (χ1v) is 13.4. The molecule has 190 valence electrons. The van der Waals surface area contributed by atoms with Gasteiger partial charge in [0.05, 0.1) is 16.6 Å². The summed E-state index contributed by atoms with van der Waals surface area (Å²) in [5.74, 6) is -1.19. The molecule has 3 fully saturated rings. The van der Waals surface area contributed by atoms with Gasteiger partial charge in [-0.25, -0.2) is 0 Å². The van der Waals surface area contributed by atoms with E-state index in [0.29, 0.717) is 32.6 Å². The lowest BCUT2D eigenvalue weighted by Gasteiger charge is -2.39. The summed E-state index contributed by atoms with van der Waals surface area (Å²) in [5, 5.41) is 9.50. The lowest BCUT2D eigenvalue weighted by Crippen LogP contribution is -2.56. The first-order chi connectivity index (χ1) is 16.1. The molecule has 0 aromatic heterocycles. The summed E-state index contributed by atoms with van der Waals surface area (Å²) in [6.45, 7) is 17.4. The van der Waals surface area contributed by atoms with Crippen LogP contribution in [0.25, 0.3) is 0 Å². The molecule has 0 saturated carbocycles. The lowest BCUT2D eigenvalue weighted by atomic mass is 9.66. The van der Waals surface area contributed by atoms with Gasteiger partial charge in [-0.15, -0.1) is 24.9 Å². The van der Waals surface area contributed by atoms with Gasteiger partial charge in [0, 0.05) is 43.6 Å². The van der Waals surface area contributed by atoms with Crippen molar-refractivity contribution in [3.05, 3.63) is 25.3 Å². The predicted octanol–water partition coefficient (Wildman–Crippen LogP) is 2.70. The van der Waals surface area contributed by atoms with Gasteiger partial charge in [-0.3, -0.25) is 14.4 Å². The van der Waals surface area contributed by atoms with Crippen molar-refractivity contribution in [1.82, 2.24) is 14.7 Å². The van der Waals surface area contributed by atoms with E-state index in [1.165, 1.54) is 0 Å². The number of carbonyl (C=O) groups excluding carboxylic acids is 3. The van der Waals surface area contributed by atoms with Gasteiger partial charge >= 0.3 is 0 Å². The smallest absolute Gasteiger partial charge is 0.247 e. The van der Waals surface area contributed by atoms with Crippen LogP contribution in [0.2, 0.25) is 0 Å². The highest BCUT2D eigenvalue weighted by atomic mass is 32.2. The van der Waals surface area contributed by atoms with Crippen LogP contribution in [0, 0.1) is 11.8 Å². The van der Waals surface area contributed by atoms with Crippen molar-refractivity contribution in [2.45, 2.75) is 75.0 Å². The maximum atomic E-state index is 14.0. The van der Waals surface area contributed by atoms with Crippen LogP contribution in [0.4, 0.5) is 0 Å². The number of fused-ring (bicyclic) bond motifs is 1. The largest absolute Gasteiger partial charge is 0.396 e. The third-order valence-electron chi connectivity index (χ3n) is 7.72. The number of thioether (sulfide) groups is 1. The number of nitrogens with zero attached hydrogens (tertiary/aromatic N) is 3. The molecular formula is C26H41N3O4S. The second kappa shape index (κ2) is 10.4. The summed E-state index contributed by atoms with van der Waals surface area (Å²) in [5.41, 5.74) is 0. The molecule has 0 aliphatic carbocycles. The van der Waals surface area contributed by atoms with E-state index in [1.807, 2.05) is 25.7 Å². The number of likely N-dealkylation sites (tertiary alicyclic amines) is 1. The monoisotopic (exact) mass is 491 g/mol. The van der Waals surface area contributed by atoms with Crippen molar-refractivity contribution >= 4 is 29.5 Å². The van der Waals surface area contributed by atoms with Gasteiger partial charge in [0.1, 0.15) is 6.04 Å². The highest BCUT2D eigenvalue weighted by Gasteiger charge is 2.77. The Bertz CT molecular complexity index is 833. The Hall–Kier alpha value is -1.80. The SMILES string of the molecule is C=CCN(CCC)C(=O)[C@H]1[C@H]2C(=O)N(CCCO)C(C(=O)N(CC=C)C(C)C)C23CC[C@]1(C)S3. The van der Waals surface area contributed by atoms with E-state index < -0.39 is 22.6 Å². The van der Waals surface area contributed by atoms with Crippen LogP contribution in [-0.4, -0.2) is 91.9 Å². The lowest BCUT2D eigenvalue weighted by molar-refractivity contribution is -0.146. The van der Waals surface area contributed by atoms with Crippen molar-refractivity contribution in [2.75, 3.05) is 32.8 Å². The average molecular weight is 492 g/mol. The Morgan fingerprint density at radius 2 is 1.91 bits per heavy atom. The van der Waals surface area contributed by atoms with Gasteiger partial charge in [0.25, 0.3) is 0 Å². The number of aliphatic hydroxyl groups is 1. The first kappa shape index (κ1) is 26.8. The van der Waals surface area contributed by atoms with Crippen molar-refractivity contribution in [3.63, 3.8) is 0 Å². The molecule has 3 aliphatic rings. The minimum absolute atomic E-state index is 0.00121. The Labute approximate surface area is 208 Å². The molecule has 7 nitrogen and oxygen atoms in total. The minimum Gasteiger partial charge on any atom is -0.396 e. The average Bonchev–Trinajstić information content (AvgIpc) is 3.35. The fraction of sp³-hybridized carbons (Fsp3) is 0.731. The minimum atomic E-state index is -0.637. The molecule has 2 unspecified atom stereocenters. The van der Waals surface area contributed by atoms with Crippen LogP contribution in [0.15, 0.2) is 25.3 Å². The van der Waals surface area contributed by atoms with Crippen LogP contribution < -0.4 is 0 Å². The topological polar surface area (TPSA) is 81.2 Å². The second-order valence-corrected chi connectivity index (χ2v) is 12.2. The highest BCUT2D eigenvalue weighted by Crippen LogP contribution is 2.71. The molecule has 3 saturated heterocycles. The van der Waals surface area contributed by atoms with Crippen LogP contribution in [0.3, 0.4) is 0 Å². The van der Waals surface area contributed by atoms with E-state index in [0.717, 1.165) is 19.3 Å². The van der Waals surface area contributed by atoms with Gasteiger partial charge in [0.15, 0.2) is 0 Å². The molecule has 3 rings (SSSR count). The van der Waals surface area contributed by atoms with Crippen molar-refractivity contribution in [2.24, 2.45) is 11.8 Å². The molecule has 3 amide bonds. The number of hydrogen-bond donors (Lipinski definition) is 1. The van der Waals surface area contributed by atoms with Crippen LogP contribution >= 0.6 is 11.8 Å². The summed E-state index contributed by atoms with van der Waals surface area (Å²) in [6, 6.07) is -0.678. The standard InChI is InChI=1S/C26H41N3O4S/c1-7-13-27(14-8-2)22(31)19-20-23(32)29(16-10-17-30)21(24(33)28(15-9-3)18(4)5)26(20)12-11-25(19,6)34-26/h7,9,18-21,30H,1,3,8,10-17H2,2,4-6H3/t19-,20+,21?,25+,26?/m1/s1. The normalized spacial score (nSPS) is 31.6. The number of aliphatic hydroxyl groups excluding tert-OH is 1. The third kappa shape index (κ3) is 4.21. The maximum Gasteiger partial charge on any atom is 0.247 e. The molecule has 34 heavy (non-hydrogen) atoms. The number of carbonyl (C=O) groups is 3. The van der Waals surface area contributed by atoms with Gasteiger partial charge in [-0.2, -0.15) is 0 Å². The van der Waals surface area contributed by atoms with E-state index in [9.17, 15) is 19.5 Å².